The van der Waals surface area contributed by atoms with Crippen molar-refractivity contribution in [3.05, 3.63) is 22.7 Å². The van der Waals surface area contributed by atoms with Gasteiger partial charge in [-0.25, -0.2) is 18.5 Å². The van der Waals surface area contributed by atoms with E-state index in [4.69, 9.17) is 20.3 Å². The zero-order valence-electron chi connectivity index (χ0n) is 13.5. The van der Waals surface area contributed by atoms with E-state index in [9.17, 15) is 38.5 Å². The molecule has 8 N–H and O–H groups in total. The van der Waals surface area contributed by atoms with Gasteiger partial charge in [-0.2, -0.15) is 9.29 Å². The number of nitrogens with zero attached hydrogens (tertiary/aromatic N) is 2. The van der Waals surface area contributed by atoms with Crippen LogP contribution in [0.15, 0.2) is 17.1 Å². The van der Waals surface area contributed by atoms with Gasteiger partial charge in [0.15, 0.2) is 6.23 Å². The van der Waals surface area contributed by atoms with Gasteiger partial charge in [0.2, 0.25) is 0 Å². The summed E-state index contributed by atoms with van der Waals surface area (Å²) in [6, 6.07) is 1.19. The van der Waals surface area contributed by atoms with Gasteiger partial charge in [0.1, 0.15) is 24.1 Å². The largest absolute Gasteiger partial charge is 0.477 e. The molecule has 0 aromatic carbocycles. The fourth-order valence-electron chi connectivity index (χ4n) is 2.14. The summed E-state index contributed by atoms with van der Waals surface area (Å²) in [4.78, 5) is 50.9. The third-order valence-corrected chi connectivity index (χ3v) is 9.15. The van der Waals surface area contributed by atoms with Gasteiger partial charge in [-0.3, -0.25) is 9.09 Å². The smallest absolute Gasteiger partial charge is 0.387 e. The number of aliphatic hydroxyl groups excluding tert-OH is 2. The minimum atomic E-state index is -5.85. The van der Waals surface area contributed by atoms with E-state index in [0.717, 1.165) is 10.8 Å². The summed E-state index contributed by atoms with van der Waals surface area (Å²) in [5.41, 5.74) is 4.38. The molecule has 19 heteroatoms. The van der Waals surface area contributed by atoms with Gasteiger partial charge in [-0.1, -0.05) is 0 Å². The zero-order valence-corrected chi connectivity index (χ0v) is 16.2. The predicted molar refractivity (Wildman–Crippen MR) is 87.6 cm³/mol. The average molecular weight is 467 g/mol. The fraction of sp³-hybridized carbons (Fsp3) is 0.556. The summed E-state index contributed by atoms with van der Waals surface area (Å²) in [6.45, 7) is -1.09. The Kier molecular flexibility index (Phi) is 6.68. The average Bonchev–Trinajstić information content (AvgIpc) is 2.79. The maximum Gasteiger partial charge on any atom is 0.477 e. The van der Waals surface area contributed by atoms with Crippen molar-refractivity contribution >= 4 is 28.2 Å². The first-order valence-corrected chi connectivity index (χ1v) is 12.5. The molecular formula is C9H16N3O13P3. The third-order valence-electron chi connectivity index (χ3n) is 3.40. The van der Waals surface area contributed by atoms with E-state index in [1.807, 2.05) is 0 Å². The number of hydrogen-bond donors (Lipinski definition) is 7. The molecule has 2 rings (SSSR count). The summed E-state index contributed by atoms with van der Waals surface area (Å²) < 4.78 is 47.5. The second-order valence-corrected chi connectivity index (χ2v) is 12.3. The molecule has 0 aliphatic carbocycles. The van der Waals surface area contributed by atoms with E-state index in [-0.39, 0.29) is 5.82 Å². The van der Waals surface area contributed by atoms with Crippen molar-refractivity contribution in [2.75, 3.05) is 12.3 Å². The Bertz CT molecular complexity index is 929. The van der Waals surface area contributed by atoms with Gasteiger partial charge >= 0.3 is 28.1 Å². The summed E-state index contributed by atoms with van der Waals surface area (Å²) in [5, 5.41) is 20.0. The number of rotatable bonds is 7. The Morgan fingerprint density at radius 1 is 1.14 bits per heavy atom. The van der Waals surface area contributed by atoms with Crippen LogP contribution in [0.5, 0.6) is 0 Å². The standard InChI is InChI=1S/C9H16N3O13P3/c10-5-1-2-12(9(15)11-5)8-7(14)6(13)4(24-8)3-23-27(19,20)28(21,22)25-26(16,17)18/h1-2,4,6-8,13-14H,3H2,(H,19,20)(H,21,22)(H2,10,11,15)(H2,16,17,18)/t4-,6-,7+,8-/m1/s1. The van der Waals surface area contributed by atoms with Crippen LogP contribution in [0.2, 0.25) is 0 Å². The van der Waals surface area contributed by atoms with Crippen LogP contribution < -0.4 is 11.4 Å². The highest BCUT2D eigenvalue weighted by molar-refractivity contribution is 8.27. The van der Waals surface area contributed by atoms with Crippen LogP contribution in [-0.4, -0.2) is 64.3 Å². The summed E-state index contributed by atoms with van der Waals surface area (Å²) in [7, 11) is -17.1. The number of phosphoric acid groups is 1. The van der Waals surface area contributed by atoms with Crippen molar-refractivity contribution in [1.82, 2.24) is 9.55 Å². The van der Waals surface area contributed by atoms with E-state index in [1.54, 1.807) is 0 Å². The highest BCUT2D eigenvalue weighted by Gasteiger charge is 2.52. The maximum atomic E-state index is 11.8. The number of anilines is 1. The topological polar surface area (TPSA) is 261 Å². The number of hydrogen-bond acceptors (Lipinski definition) is 11. The summed E-state index contributed by atoms with van der Waals surface area (Å²) in [5.74, 6) is -0.126. The number of ether oxygens (including phenoxy) is 1. The van der Waals surface area contributed by atoms with Crippen LogP contribution in [-0.2, 0) is 27.3 Å². The molecule has 6 atom stereocenters. The second-order valence-electron chi connectivity index (χ2n) is 5.44. The SMILES string of the molecule is Nc1ccn([C@@H]2O[C@H](COP(=O)(O)P(=O)(O)OP(=O)(O)O)[C@@H](O)[C@@H]2O)c(=O)n1. The molecule has 1 fully saturated rings. The van der Waals surface area contributed by atoms with Gasteiger partial charge < -0.3 is 40.3 Å². The maximum absolute atomic E-state index is 11.8. The number of nitrogens with two attached hydrogens (primary N) is 1. The van der Waals surface area contributed by atoms with Crippen LogP contribution in [0.4, 0.5) is 5.82 Å². The van der Waals surface area contributed by atoms with E-state index >= 15 is 0 Å². The highest BCUT2D eigenvalue weighted by atomic mass is 32.1. The predicted octanol–water partition coefficient (Wildman–Crippen LogP) is -2.14. The highest BCUT2D eigenvalue weighted by Crippen LogP contribution is 2.81. The monoisotopic (exact) mass is 467 g/mol. The van der Waals surface area contributed by atoms with E-state index in [1.165, 1.54) is 6.07 Å². The van der Waals surface area contributed by atoms with Gasteiger partial charge in [0.05, 0.1) is 6.61 Å². The molecule has 28 heavy (non-hydrogen) atoms. The van der Waals surface area contributed by atoms with E-state index in [0.29, 0.717) is 0 Å². The lowest BCUT2D eigenvalue weighted by Crippen LogP contribution is -2.36. The molecule has 0 amide bonds. The molecule has 2 heterocycles. The van der Waals surface area contributed by atoms with Gasteiger partial charge in [0, 0.05) is 6.20 Å². The van der Waals surface area contributed by atoms with Gasteiger partial charge in [-0.05, 0) is 6.07 Å². The molecule has 1 aromatic heterocycles. The van der Waals surface area contributed by atoms with Crippen molar-refractivity contribution in [1.29, 1.82) is 0 Å². The van der Waals surface area contributed by atoms with Gasteiger partial charge in [-0.15, -0.1) is 0 Å². The Hall–Kier alpha value is -0.990. The van der Waals surface area contributed by atoms with Crippen LogP contribution in [0.25, 0.3) is 0 Å². The lowest BCUT2D eigenvalue weighted by molar-refractivity contribution is -0.0521. The van der Waals surface area contributed by atoms with Crippen molar-refractivity contribution in [2.24, 2.45) is 0 Å². The number of aromatic nitrogens is 2. The quantitative estimate of drug-likeness (QED) is 0.211. The molecule has 2 unspecified atom stereocenters. The minimum absolute atomic E-state index is 0.126. The van der Waals surface area contributed by atoms with Crippen molar-refractivity contribution < 1.29 is 57.1 Å². The molecule has 16 nitrogen and oxygen atoms in total. The molecule has 0 spiro atoms. The molecule has 160 valence electrons. The van der Waals surface area contributed by atoms with Crippen LogP contribution in [0.3, 0.4) is 0 Å². The van der Waals surface area contributed by atoms with E-state index in [2.05, 4.69) is 13.8 Å². The van der Waals surface area contributed by atoms with Gasteiger partial charge in [0.25, 0.3) is 0 Å². The molecule has 0 radical (unpaired) electrons. The zero-order chi connectivity index (χ0) is 21.5. The Morgan fingerprint density at radius 3 is 2.29 bits per heavy atom. The van der Waals surface area contributed by atoms with Crippen LogP contribution >= 0.6 is 22.4 Å². The Balaban J connectivity index is 2.13. The summed E-state index contributed by atoms with van der Waals surface area (Å²) >= 11 is 0. The van der Waals surface area contributed by atoms with Crippen LogP contribution in [0.1, 0.15) is 6.23 Å². The van der Waals surface area contributed by atoms with Crippen LogP contribution in [0, 0.1) is 0 Å². The molecule has 1 aliphatic heterocycles. The van der Waals surface area contributed by atoms with Crippen molar-refractivity contribution in [2.45, 2.75) is 24.5 Å². The summed E-state index contributed by atoms with van der Waals surface area (Å²) in [6.07, 6.45) is -5.51. The first-order chi connectivity index (χ1) is 12.6. The molecule has 1 saturated heterocycles. The second kappa shape index (κ2) is 8.03. The number of nitrogen functional groups attached to an aromatic ring is 1. The lowest BCUT2D eigenvalue weighted by Gasteiger charge is -2.20. The van der Waals surface area contributed by atoms with Crippen molar-refractivity contribution in [3.8, 4) is 0 Å². The first-order valence-electron chi connectivity index (χ1n) is 7.08. The van der Waals surface area contributed by atoms with E-state index < -0.39 is 59.2 Å². The molecule has 0 saturated carbocycles. The Morgan fingerprint density at radius 2 is 1.75 bits per heavy atom. The molecule has 0 bridgehead atoms. The molecule has 1 aromatic rings. The number of aliphatic hydroxyl groups is 2. The Labute approximate surface area is 155 Å². The van der Waals surface area contributed by atoms with Crippen molar-refractivity contribution in [3.63, 3.8) is 0 Å². The molecule has 1 aliphatic rings. The minimum Gasteiger partial charge on any atom is -0.387 e. The third kappa shape index (κ3) is 5.13. The first kappa shape index (κ1) is 23.3. The fourth-order valence-corrected chi connectivity index (χ4v) is 6.43. The normalized spacial score (nSPS) is 29.9. The lowest BCUT2D eigenvalue weighted by atomic mass is 10.1. The molecular weight excluding hydrogens is 451 g/mol.